The van der Waals surface area contributed by atoms with E-state index in [1.165, 1.54) is 12.8 Å². The number of benzene rings is 2. The topological polar surface area (TPSA) is 107 Å². The maximum atomic E-state index is 15.2. The number of amides is 1. The summed E-state index contributed by atoms with van der Waals surface area (Å²) in [6, 6.07) is 14.4. The van der Waals surface area contributed by atoms with Gasteiger partial charge in [-0.3, -0.25) is 0 Å². The van der Waals surface area contributed by atoms with Crippen LogP contribution in [0.25, 0.3) is 10.2 Å². The van der Waals surface area contributed by atoms with Crippen molar-refractivity contribution in [1.29, 1.82) is 0 Å². The van der Waals surface area contributed by atoms with Crippen molar-refractivity contribution in [2.45, 2.75) is 107 Å². The number of halogens is 1. The van der Waals surface area contributed by atoms with Crippen LogP contribution in [0, 0.1) is 18.8 Å². The van der Waals surface area contributed by atoms with Gasteiger partial charge in [0.25, 0.3) is 0 Å². The number of carbonyl (C=O) groups excluding carboxylic acids is 1. The summed E-state index contributed by atoms with van der Waals surface area (Å²) in [5.41, 5.74) is 1.50. The summed E-state index contributed by atoms with van der Waals surface area (Å²) in [7, 11) is 0. The van der Waals surface area contributed by atoms with Gasteiger partial charge in [0, 0.05) is 47.3 Å². The van der Waals surface area contributed by atoms with Crippen molar-refractivity contribution >= 4 is 56.1 Å². The molecule has 2 N–H and O–H groups in total. The van der Waals surface area contributed by atoms with E-state index in [0.717, 1.165) is 55.1 Å². The summed E-state index contributed by atoms with van der Waals surface area (Å²) in [5.74, 6) is 1.28. The number of thiazole rings is 2. The third-order valence-electron chi connectivity index (χ3n) is 9.94. The minimum Gasteiger partial charge on any atom is -0.487 e. The van der Waals surface area contributed by atoms with Crippen LogP contribution in [0.1, 0.15) is 62.2 Å². The Kier molecular flexibility index (Phi) is 10.6. The number of rotatable bonds is 16. The van der Waals surface area contributed by atoms with Gasteiger partial charge in [-0.2, -0.15) is 0 Å². The summed E-state index contributed by atoms with van der Waals surface area (Å²) in [6.45, 7) is 6.91. The normalized spacial score (nSPS) is 24.4. The van der Waals surface area contributed by atoms with Gasteiger partial charge in [-0.15, -0.1) is 11.3 Å². The molecule has 5 unspecified atom stereocenters. The summed E-state index contributed by atoms with van der Waals surface area (Å²) < 4.78 is 42.4. The van der Waals surface area contributed by atoms with E-state index in [2.05, 4.69) is 32.1 Å². The number of hydrogen-bond donors (Lipinski definition) is 2. The molecule has 4 fully saturated rings. The highest BCUT2D eigenvalue weighted by Gasteiger charge is 2.53. The van der Waals surface area contributed by atoms with Gasteiger partial charge < -0.3 is 29.6 Å². The molecule has 4 aromatic rings. The molecule has 6 atom stereocenters. The minimum atomic E-state index is -1.42. The highest BCUT2D eigenvalue weighted by Crippen LogP contribution is 2.46. The van der Waals surface area contributed by atoms with Crippen LogP contribution in [0.5, 0.6) is 5.75 Å². The monoisotopic (exact) mass is 767 g/mol. The SMILES string of the molecule is Cc1nc(COc2ccc(C[C@@H](CCN(CC(C)(C)F)Sc3ccc4nc(NC5CC5)sc4c3)NC(=O)OC3C4COC5OC3CC5C4)cc2)cs1. The van der Waals surface area contributed by atoms with Crippen molar-refractivity contribution in [1.82, 2.24) is 19.6 Å². The summed E-state index contributed by atoms with van der Waals surface area (Å²) in [5, 5.41) is 10.6. The molecular weight excluding hydrogens is 722 g/mol. The fraction of sp³-hybridized carbons (Fsp3) is 0.553. The van der Waals surface area contributed by atoms with Crippen molar-refractivity contribution in [3.63, 3.8) is 0 Å². The van der Waals surface area contributed by atoms with Crippen molar-refractivity contribution in [2.75, 3.05) is 25.0 Å². The fourth-order valence-corrected chi connectivity index (χ4v) is 10.2. The van der Waals surface area contributed by atoms with E-state index in [9.17, 15) is 4.79 Å². The fourth-order valence-electron chi connectivity index (χ4n) is 7.36. The second-order valence-electron chi connectivity index (χ2n) is 15.1. The number of aryl methyl sites for hydroxylation is 1. The van der Waals surface area contributed by atoms with E-state index >= 15 is 4.39 Å². The molecule has 14 heteroatoms. The zero-order chi connectivity index (χ0) is 35.8. The number of alkyl carbamates (subject to hydrolysis) is 1. The number of carbonyl (C=O) groups is 1. The first kappa shape index (κ1) is 36.0. The quantitative estimate of drug-likeness (QED) is 0.109. The van der Waals surface area contributed by atoms with Gasteiger partial charge >= 0.3 is 6.09 Å². The van der Waals surface area contributed by atoms with E-state index in [0.29, 0.717) is 44.6 Å². The number of nitrogens with zero attached hydrogens (tertiary/aromatic N) is 3. The van der Waals surface area contributed by atoms with Crippen LogP contribution >= 0.6 is 34.6 Å². The highest BCUT2D eigenvalue weighted by atomic mass is 32.2. The second-order valence-corrected chi connectivity index (χ2v) is 18.4. The smallest absolute Gasteiger partial charge is 0.407 e. The van der Waals surface area contributed by atoms with E-state index < -0.39 is 11.8 Å². The van der Waals surface area contributed by atoms with Crippen LogP contribution in [0.2, 0.25) is 0 Å². The standard InChI is InChI=1S/C38H46FN5O5S3/c1-22-40-28(20-50-22)19-46-29-8-4-23(5-9-29)14-27(42-37(45)49-34-25-15-24-16-32(34)48-35(24)47-18-25)12-13-44(21-38(2,3)39)52-30-10-11-31-33(17-30)51-36(43-31)41-26-6-7-26/h4-5,8-11,17,20,24-27,32,34-35H,6-7,12-16,18-19,21H2,1-3H3,(H,41,43)(H,42,45)/t24?,25?,27-,32?,34?,35?/m1/s1. The third-order valence-corrected chi connectivity index (χ3v) is 12.7. The van der Waals surface area contributed by atoms with Gasteiger partial charge in [-0.1, -0.05) is 23.5 Å². The van der Waals surface area contributed by atoms with Gasteiger partial charge in [0.1, 0.15) is 24.1 Å². The summed E-state index contributed by atoms with van der Waals surface area (Å²) in [4.78, 5) is 23.8. The number of aromatic nitrogens is 2. The van der Waals surface area contributed by atoms with Gasteiger partial charge in [0.15, 0.2) is 11.4 Å². The van der Waals surface area contributed by atoms with E-state index in [-0.39, 0.29) is 37.0 Å². The Morgan fingerprint density at radius 1 is 1.15 bits per heavy atom. The molecule has 0 spiro atoms. The molecule has 8 rings (SSSR count). The number of nitrogens with one attached hydrogen (secondary N) is 2. The first-order valence-corrected chi connectivity index (χ1v) is 20.7. The highest BCUT2D eigenvalue weighted by molar-refractivity contribution is 7.97. The molecule has 3 bridgehead atoms. The zero-order valence-electron chi connectivity index (χ0n) is 29.7. The second kappa shape index (κ2) is 15.4. The van der Waals surface area contributed by atoms with Crippen LogP contribution in [0.4, 0.5) is 14.3 Å². The molecule has 278 valence electrons. The Bertz CT molecular complexity index is 1840. The molecule has 10 nitrogen and oxygen atoms in total. The first-order valence-electron chi connectivity index (χ1n) is 18.2. The van der Waals surface area contributed by atoms with Gasteiger partial charge in [-0.25, -0.2) is 23.5 Å². The molecule has 2 aromatic heterocycles. The Balaban J connectivity index is 0.947. The molecule has 0 radical (unpaired) electrons. The molecular formula is C38H46FN5O5S3. The molecule has 2 saturated heterocycles. The maximum Gasteiger partial charge on any atom is 0.407 e. The van der Waals surface area contributed by atoms with Gasteiger partial charge in [-0.05, 0) is 107 Å². The number of ether oxygens (including phenoxy) is 4. The molecule has 4 heterocycles. The van der Waals surface area contributed by atoms with Crippen LogP contribution < -0.4 is 15.4 Å². The molecule has 2 saturated carbocycles. The van der Waals surface area contributed by atoms with Crippen molar-refractivity contribution in [2.24, 2.45) is 11.8 Å². The molecule has 2 aliphatic heterocycles. The molecule has 2 aliphatic carbocycles. The molecule has 2 aromatic carbocycles. The number of alkyl halides is 1. The summed E-state index contributed by atoms with van der Waals surface area (Å²) in [6.07, 6.45) is 4.26. The molecule has 4 aliphatic rings. The predicted molar refractivity (Wildman–Crippen MR) is 203 cm³/mol. The zero-order valence-corrected chi connectivity index (χ0v) is 32.2. The van der Waals surface area contributed by atoms with E-state index in [1.54, 1.807) is 48.5 Å². The Hall–Kier alpha value is -3.01. The van der Waals surface area contributed by atoms with Crippen molar-refractivity contribution in [3.05, 3.63) is 64.1 Å². The third kappa shape index (κ3) is 9.19. The van der Waals surface area contributed by atoms with Crippen LogP contribution in [-0.4, -0.2) is 76.3 Å². The summed E-state index contributed by atoms with van der Waals surface area (Å²) >= 11 is 4.80. The largest absolute Gasteiger partial charge is 0.487 e. The lowest BCUT2D eigenvalue weighted by Crippen LogP contribution is -2.47. The predicted octanol–water partition coefficient (Wildman–Crippen LogP) is 8.15. The minimum absolute atomic E-state index is 0.128. The number of fused-ring (bicyclic) bond motifs is 3. The van der Waals surface area contributed by atoms with Crippen LogP contribution in [0.3, 0.4) is 0 Å². The Morgan fingerprint density at radius 2 is 2.00 bits per heavy atom. The van der Waals surface area contributed by atoms with Gasteiger partial charge in [0.2, 0.25) is 0 Å². The Labute approximate surface area is 316 Å². The average Bonchev–Trinajstić information content (AvgIpc) is 3.54. The molecule has 1 amide bonds. The van der Waals surface area contributed by atoms with Gasteiger partial charge in [0.05, 0.1) is 33.6 Å². The van der Waals surface area contributed by atoms with Crippen molar-refractivity contribution in [3.8, 4) is 5.75 Å². The number of anilines is 1. The lowest BCUT2D eigenvalue weighted by molar-refractivity contribution is -0.153. The van der Waals surface area contributed by atoms with Crippen LogP contribution in [0.15, 0.2) is 52.7 Å². The van der Waals surface area contributed by atoms with Crippen molar-refractivity contribution < 1.29 is 28.1 Å². The number of hydrogen-bond acceptors (Lipinski definition) is 12. The average molecular weight is 768 g/mol. The maximum absolute atomic E-state index is 15.2. The first-order chi connectivity index (χ1) is 25.1. The Morgan fingerprint density at radius 3 is 2.77 bits per heavy atom. The lowest BCUT2D eigenvalue weighted by atomic mass is 9.78. The lowest BCUT2D eigenvalue weighted by Gasteiger charge is -2.36. The van der Waals surface area contributed by atoms with Crippen LogP contribution in [-0.2, 0) is 27.2 Å². The van der Waals surface area contributed by atoms with E-state index in [4.69, 9.17) is 23.9 Å². The van der Waals surface area contributed by atoms with E-state index in [1.807, 2.05) is 42.6 Å². The molecule has 52 heavy (non-hydrogen) atoms.